The Bertz CT molecular complexity index is 1340. The Labute approximate surface area is 235 Å². The minimum absolute atomic E-state index is 0.136. The number of para-hydroxylation sites is 1. The van der Waals surface area contributed by atoms with Crippen molar-refractivity contribution in [3.63, 3.8) is 0 Å². The molecule has 0 aliphatic carbocycles. The van der Waals surface area contributed by atoms with Crippen LogP contribution in [-0.2, 0) is 17.8 Å². The average molecular weight is 573 g/mol. The van der Waals surface area contributed by atoms with Crippen LogP contribution in [-0.4, -0.2) is 65.1 Å². The third-order valence-electron chi connectivity index (χ3n) is 6.78. The van der Waals surface area contributed by atoms with Gasteiger partial charge in [-0.2, -0.15) is 0 Å². The molecule has 0 aromatic heterocycles. The lowest BCUT2D eigenvalue weighted by Crippen LogP contribution is -2.43. The van der Waals surface area contributed by atoms with Gasteiger partial charge in [0, 0.05) is 33.0 Å². The number of hydrogen-bond acceptors (Lipinski definition) is 5. The molecule has 8 nitrogen and oxygen atoms in total. The molecular weight excluding hydrogens is 541 g/mol. The maximum absolute atomic E-state index is 12.7. The number of hydrogen-bond donors (Lipinski definition) is 1. The summed E-state index contributed by atoms with van der Waals surface area (Å²) in [5.74, 6) is -0.342. The average Bonchev–Trinajstić information content (AvgIpc) is 3.17. The van der Waals surface area contributed by atoms with Gasteiger partial charge in [-0.25, -0.2) is 9.59 Å². The summed E-state index contributed by atoms with van der Waals surface area (Å²) in [5.41, 5.74) is -0.166. The lowest BCUT2D eigenvalue weighted by atomic mass is 9.96. The minimum Gasteiger partial charge on any atom is -0.494 e. The number of nitrogens with zero attached hydrogens (tertiary/aromatic N) is 2. The molecule has 0 radical (unpaired) electrons. The number of urea groups is 1. The first kappa shape index (κ1) is 29.6. The van der Waals surface area contributed by atoms with E-state index in [-0.39, 0.29) is 30.8 Å². The van der Waals surface area contributed by atoms with E-state index in [0.717, 1.165) is 5.56 Å². The van der Waals surface area contributed by atoms with Gasteiger partial charge < -0.3 is 29.1 Å². The van der Waals surface area contributed by atoms with Crippen LogP contribution in [0.25, 0.3) is 0 Å². The molecule has 1 heterocycles. The van der Waals surface area contributed by atoms with Crippen LogP contribution in [0.4, 0.5) is 18.0 Å². The van der Waals surface area contributed by atoms with Crippen LogP contribution in [0.1, 0.15) is 24.5 Å². The monoisotopic (exact) mass is 572 g/mol. The number of rotatable bonds is 12. The number of amides is 2. The summed E-state index contributed by atoms with van der Waals surface area (Å²) in [6.45, 7) is 2.41. The second-order valence-electron chi connectivity index (χ2n) is 10.0. The zero-order valence-corrected chi connectivity index (χ0v) is 22.6. The van der Waals surface area contributed by atoms with Gasteiger partial charge in [0.25, 0.3) is 0 Å². The fourth-order valence-corrected chi connectivity index (χ4v) is 4.62. The van der Waals surface area contributed by atoms with Crippen LogP contribution in [0.5, 0.6) is 17.2 Å². The Kier molecular flexibility index (Phi) is 8.95. The Morgan fingerprint density at radius 2 is 1.61 bits per heavy atom. The lowest BCUT2D eigenvalue weighted by Gasteiger charge is -2.26. The zero-order chi connectivity index (χ0) is 29.6. The second-order valence-corrected chi connectivity index (χ2v) is 10.0. The Morgan fingerprint density at radius 3 is 2.27 bits per heavy atom. The third-order valence-corrected chi connectivity index (χ3v) is 6.78. The van der Waals surface area contributed by atoms with Gasteiger partial charge in [0.15, 0.2) is 0 Å². The number of ether oxygens (including phenoxy) is 3. The molecule has 1 saturated heterocycles. The predicted octanol–water partition coefficient (Wildman–Crippen LogP) is 5.76. The van der Waals surface area contributed by atoms with E-state index < -0.39 is 17.9 Å². The quantitative estimate of drug-likeness (QED) is 0.297. The van der Waals surface area contributed by atoms with Crippen LogP contribution in [0, 0.1) is 0 Å². The van der Waals surface area contributed by atoms with Gasteiger partial charge in [-0.05, 0) is 54.4 Å². The van der Waals surface area contributed by atoms with Crippen molar-refractivity contribution in [2.75, 3.05) is 20.2 Å². The topological polar surface area (TPSA) is 88.5 Å². The van der Waals surface area contributed by atoms with Crippen molar-refractivity contribution in [2.24, 2.45) is 0 Å². The molecule has 218 valence electrons. The van der Waals surface area contributed by atoms with Crippen LogP contribution in [0.2, 0.25) is 0 Å². The smallest absolute Gasteiger partial charge is 0.494 e. The van der Waals surface area contributed by atoms with E-state index in [9.17, 15) is 27.9 Å². The summed E-state index contributed by atoms with van der Waals surface area (Å²) in [4.78, 5) is 27.9. The molecule has 11 heteroatoms. The summed E-state index contributed by atoms with van der Waals surface area (Å²) in [5, 5.41) is 9.80. The first-order valence-corrected chi connectivity index (χ1v) is 13.0. The summed E-state index contributed by atoms with van der Waals surface area (Å²) < 4.78 is 53.3. The van der Waals surface area contributed by atoms with Gasteiger partial charge in [0.2, 0.25) is 5.60 Å². The minimum atomic E-state index is -4.79. The maximum atomic E-state index is 12.7. The molecule has 1 N–H and O–H groups in total. The van der Waals surface area contributed by atoms with Crippen molar-refractivity contribution >= 4 is 12.0 Å². The first-order valence-electron chi connectivity index (χ1n) is 13.0. The molecule has 1 aliphatic rings. The van der Waals surface area contributed by atoms with Crippen molar-refractivity contribution < 1.29 is 42.1 Å². The number of carbonyl (C=O) groups is 2. The Hall–Kier alpha value is -4.41. The highest BCUT2D eigenvalue weighted by Crippen LogP contribution is 2.27. The van der Waals surface area contributed by atoms with E-state index in [1.54, 1.807) is 71.4 Å². The highest BCUT2D eigenvalue weighted by Gasteiger charge is 2.37. The molecule has 3 aromatic rings. The number of alkyl halides is 3. The van der Waals surface area contributed by atoms with E-state index >= 15 is 0 Å². The number of likely N-dealkylation sites (N-methyl/N-ethyl adjacent to an activating group) is 1. The number of benzene rings is 3. The number of carboxylic acid groups (broad SMARTS) is 1. The Morgan fingerprint density at radius 1 is 0.927 bits per heavy atom. The van der Waals surface area contributed by atoms with E-state index in [1.165, 1.54) is 25.1 Å². The van der Waals surface area contributed by atoms with E-state index in [2.05, 4.69) is 4.74 Å². The van der Waals surface area contributed by atoms with Crippen molar-refractivity contribution in [3.05, 3.63) is 90.0 Å². The van der Waals surface area contributed by atoms with Crippen molar-refractivity contribution in [3.8, 4) is 17.2 Å². The van der Waals surface area contributed by atoms with Gasteiger partial charge in [0.05, 0.1) is 12.6 Å². The van der Waals surface area contributed by atoms with Crippen LogP contribution < -0.4 is 14.2 Å². The highest BCUT2D eigenvalue weighted by molar-refractivity contribution is 5.78. The van der Waals surface area contributed by atoms with E-state index in [4.69, 9.17) is 9.47 Å². The molecule has 4 rings (SSSR count). The molecule has 1 fully saturated rings. The number of carbonyl (C=O) groups excluding carboxylic acids is 1. The van der Waals surface area contributed by atoms with Gasteiger partial charge in [-0.15, -0.1) is 13.2 Å². The molecule has 1 aliphatic heterocycles. The molecule has 2 atom stereocenters. The van der Waals surface area contributed by atoms with Crippen molar-refractivity contribution in [1.29, 1.82) is 0 Å². The van der Waals surface area contributed by atoms with Crippen LogP contribution >= 0.6 is 0 Å². The predicted molar refractivity (Wildman–Crippen MR) is 144 cm³/mol. The molecular formula is C30H31F3N2O6. The van der Waals surface area contributed by atoms with Crippen LogP contribution in [0.15, 0.2) is 78.9 Å². The molecule has 3 aromatic carbocycles. The number of carboxylic acids is 1. The normalized spacial score (nSPS) is 16.8. The van der Waals surface area contributed by atoms with E-state index in [1.807, 2.05) is 6.07 Å². The molecule has 0 bridgehead atoms. The zero-order valence-electron chi connectivity index (χ0n) is 22.6. The molecule has 2 amide bonds. The van der Waals surface area contributed by atoms with Crippen molar-refractivity contribution in [2.45, 2.75) is 44.3 Å². The standard InChI is InChI=1S/C30H31F3N2O6/c1-29(27(36)37,40-25-8-4-3-5-9-25)18-21-11-13-24(14-12-21)39-16-15-23-20-35(28(38)34(23)2)19-22-7-6-10-26(17-22)41-30(31,32)33/h3-14,17,23H,15-16,18-20H2,1-2H3,(H,36,37)/t23-,29+/m1/s1. The summed E-state index contributed by atoms with van der Waals surface area (Å²) in [6.07, 6.45) is -4.10. The van der Waals surface area contributed by atoms with Gasteiger partial charge in [-0.3, -0.25) is 0 Å². The first-order chi connectivity index (χ1) is 19.4. The molecule has 41 heavy (non-hydrogen) atoms. The van der Waals surface area contributed by atoms with E-state index in [0.29, 0.717) is 36.6 Å². The molecule has 0 unspecified atom stereocenters. The van der Waals surface area contributed by atoms with Gasteiger partial charge in [-0.1, -0.05) is 42.5 Å². The summed E-state index contributed by atoms with van der Waals surface area (Å²) >= 11 is 0. The summed E-state index contributed by atoms with van der Waals surface area (Å²) in [6, 6.07) is 21.1. The lowest BCUT2D eigenvalue weighted by molar-refractivity contribution is -0.274. The molecule has 0 spiro atoms. The fraction of sp³-hybridized carbons (Fsp3) is 0.333. The fourth-order valence-electron chi connectivity index (χ4n) is 4.62. The van der Waals surface area contributed by atoms with Crippen molar-refractivity contribution in [1.82, 2.24) is 9.80 Å². The Balaban J connectivity index is 1.28. The largest absolute Gasteiger partial charge is 0.573 e. The maximum Gasteiger partial charge on any atom is 0.573 e. The highest BCUT2D eigenvalue weighted by atomic mass is 19.4. The number of aliphatic carboxylic acids is 1. The second kappa shape index (κ2) is 12.4. The van der Waals surface area contributed by atoms with Gasteiger partial charge in [0.1, 0.15) is 17.2 Å². The SMILES string of the molecule is CN1C(=O)N(Cc2cccc(OC(F)(F)F)c2)C[C@H]1CCOc1ccc(C[C@](C)(Oc2ccccc2)C(=O)O)cc1. The molecule has 0 saturated carbocycles. The third kappa shape index (κ3) is 8.06. The summed E-state index contributed by atoms with van der Waals surface area (Å²) in [7, 11) is 1.68. The van der Waals surface area contributed by atoms with Gasteiger partial charge >= 0.3 is 18.4 Å². The van der Waals surface area contributed by atoms with Crippen LogP contribution in [0.3, 0.4) is 0 Å². The number of halogens is 3.